The van der Waals surface area contributed by atoms with Gasteiger partial charge in [0.1, 0.15) is 19.0 Å². The van der Waals surface area contributed by atoms with Gasteiger partial charge in [0.05, 0.1) is 5.39 Å². The first kappa shape index (κ1) is 11.1. The molecule has 0 amide bonds. The zero-order valence-electron chi connectivity index (χ0n) is 9.77. The van der Waals surface area contributed by atoms with E-state index < -0.39 is 0 Å². The number of benzene rings is 1. The van der Waals surface area contributed by atoms with Crippen LogP contribution in [-0.2, 0) is 6.42 Å². The quantitative estimate of drug-likeness (QED) is 0.859. The third-order valence-electron chi connectivity index (χ3n) is 2.84. The van der Waals surface area contributed by atoms with Crippen LogP contribution in [0, 0.1) is 0 Å². The summed E-state index contributed by atoms with van der Waals surface area (Å²) in [5, 5.41) is 0.500. The van der Waals surface area contributed by atoms with Crippen LogP contribution in [0.5, 0.6) is 11.5 Å². The van der Waals surface area contributed by atoms with Gasteiger partial charge >= 0.3 is 0 Å². The minimum absolute atomic E-state index is 0.0864. The molecule has 1 aliphatic rings. The molecule has 1 aromatic carbocycles. The lowest BCUT2D eigenvalue weighted by Crippen LogP contribution is -2.16. The molecule has 2 N–H and O–H groups in total. The number of ether oxygens (including phenoxy) is 2. The van der Waals surface area contributed by atoms with E-state index in [0.717, 1.165) is 0 Å². The second kappa shape index (κ2) is 4.34. The van der Waals surface area contributed by atoms with E-state index in [9.17, 15) is 4.79 Å². The molecule has 0 unspecified atom stereocenters. The first-order valence-electron chi connectivity index (χ1n) is 5.85. The molecule has 2 heterocycles. The van der Waals surface area contributed by atoms with E-state index in [4.69, 9.17) is 19.6 Å². The Morgan fingerprint density at radius 3 is 2.89 bits per heavy atom. The van der Waals surface area contributed by atoms with Gasteiger partial charge in [-0.3, -0.25) is 4.79 Å². The number of fused-ring (bicyclic) bond motifs is 3. The van der Waals surface area contributed by atoms with Gasteiger partial charge in [0.25, 0.3) is 0 Å². The number of nitrogens with two attached hydrogens (primary N) is 1. The summed E-state index contributed by atoms with van der Waals surface area (Å²) in [6.45, 7) is 1.39. The highest BCUT2D eigenvalue weighted by Crippen LogP contribution is 2.36. The van der Waals surface area contributed by atoms with Crippen LogP contribution in [0.3, 0.4) is 0 Å². The van der Waals surface area contributed by atoms with Gasteiger partial charge in [-0.05, 0) is 18.7 Å². The maximum Gasteiger partial charge on any atom is 0.205 e. The van der Waals surface area contributed by atoms with E-state index in [2.05, 4.69) is 0 Å². The third kappa shape index (κ3) is 1.73. The average Bonchev–Trinajstić information content (AvgIpc) is 2.39. The van der Waals surface area contributed by atoms with Gasteiger partial charge < -0.3 is 19.6 Å². The molecule has 0 aliphatic carbocycles. The Bertz CT molecular complexity index is 647. The summed E-state index contributed by atoms with van der Waals surface area (Å²) in [5.74, 6) is 1.69. The smallest absolute Gasteiger partial charge is 0.205 e. The first-order chi connectivity index (χ1) is 8.79. The number of rotatable bonds is 2. The normalized spacial score (nSPS) is 13.8. The van der Waals surface area contributed by atoms with E-state index in [-0.39, 0.29) is 5.43 Å². The van der Waals surface area contributed by atoms with Gasteiger partial charge in [-0.15, -0.1) is 0 Å². The minimum Gasteiger partial charge on any atom is -0.486 e. The predicted molar refractivity (Wildman–Crippen MR) is 66.2 cm³/mol. The highest BCUT2D eigenvalue weighted by molar-refractivity contribution is 5.85. The molecule has 0 saturated carbocycles. The fourth-order valence-electron chi connectivity index (χ4n) is 2.04. The van der Waals surface area contributed by atoms with Crippen molar-refractivity contribution in [1.29, 1.82) is 0 Å². The van der Waals surface area contributed by atoms with E-state index >= 15 is 0 Å². The Morgan fingerprint density at radius 1 is 1.22 bits per heavy atom. The molecular weight excluding hydrogens is 234 g/mol. The van der Waals surface area contributed by atoms with Crippen molar-refractivity contribution in [3.63, 3.8) is 0 Å². The zero-order chi connectivity index (χ0) is 12.5. The van der Waals surface area contributed by atoms with E-state index in [1.54, 1.807) is 12.1 Å². The summed E-state index contributed by atoms with van der Waals surface area (Å²) < 4.78 is 16.7. The van der Waals surface area contributed by atoms with Crippen molar-refractivity contribution in [2.24, 2.45) is 5.73 Å². The molecule has 5 nitrogen and oxygen atoms in total. The Labute approximate surface area is 103 Å². The fraction of sp³-hybridized carbons (Fsp3) is 0.308. The summed E-state index contributed by atoms with van der Waals surface area (Å²) in [4.78, 5) is 12.0. The summed E-state index contributed by atoms with van der Waals surface area (Å²) in [6.07, 6.45) is 0.524. The van der Waals surface area contributed by atoms with Gasteiger partial charge in [0.15, 0.2) is 16.8 Å². The van der Waals surface area contributed by atoms with E-state index in [0.29, 0.717) is 54.4 Å². The van der Waals surface area contributed by atoms with Gasteiger partial charge in [-0.25, -0.2) is 0 Å². The lowest BCUT2D eigenvalue weighted by atomic mass is 10.1. The molecule has 0 spiro atoms. The summed E-state index contributed by atoms with van der Waals surface area (Å²) >= 11 is 0. The Balaban J connectivity index is 2.28. The molecule has 0 saturated heterocycles. The molecule has 0 fully saturated rings. The molecular formula is C13H13NO4. The average molecular weight is 247 g/mol. The van der Waals surface area contributed by atoms with Crippen molar-refractivity contribution in [3.05, 3.63) is 34.2 Å². The molecule has 0 bridgehead atoms. The Hall–Kier alpha value is -2.01. The van der Waals surface area contributed by atoms with Crippen LogP contribution in [0.15, 0.2) is 27.4 Å². The molecule has 94 valence electrons. The number of hydrogen-bond acceptors (Lipinski definition) is 5. The van der Waals surface area contributed by atoms with Crippen molar-refractivity contribution in [2.45, 2.75) is 6.42 Å². The molecule has 5 heteroatoms. The second-order valence-corrected chi connectivity index (χ2v) is 4.08. The monoisotopic (exact) mass is 247 g/mol. The van der Waals surface area contributed by atoms with Gasteiger partial charge in [-0.2, -0.15) is 0 Å². The van der Waals surface area contributed by atoms with Gasteiger partial charge in [-0.1, -0.05) is 0 Å². The van der Waals surface area contributed by atoms with Crippen molar-refractivity contribution < 1.29 is 13.9 Å². The highest BCUT2D eigenvalue weighted by atomic mass is 16.6. The minimum atomic E-state index is -0.0864. The van der Waals surface area contributed by atoms with E-state index in [1.165, 1.54) is 6.07 Å². The van der Waals surface area contributed by atoms with Gasteiger partial charge in [0, 0.05) is 12.5 Å². The summed E-state index contributed by atoms with van der Waals surface area (Å²) in [7, 11) is 0. The van der Waals surface area contributed by atoms with Crippen LogP contribution in [-0.4, -0.2) is 19.8 Å². The SMILES string of the molecule is NCCc1cc(=O)c2ccc3c(c2o1)OCCO3. The van der Waals surface area contributed by atoms with Crippen LogP contribution >= 0.6 is 0 Å². The summed E-state index contributed by atoms with van der Waals surface area (Å²) in [6, 6.07) is 4.91. The lowest BCUT2D eigenvalue weighted by molar-refractivity contribution is 0.171. The molecule has 1 aliphatic heterocycles. The lowest BCUT2D eigenvalue weighted by Gasteiger charge is -2.19. The first-order valence-corrected chi connectivity index (χ1v) is 5.85. The van der Waals surface area contributed by atoms with Crippen molar-refractivity contribution in [2.75, 3.05) is 19.8 Å². The van der Waals surface area contributed by atoms with Crippen molar-refractivity contribution in [1.82, 2.24) is 0 Å². The highest BCUT2D eigenvalue weighted by Gasteiger charge is 2.18. The molecule has 0 atom stereocenters. The Kier molecular flexibility index (Phi) is 2.68. The topological polar surface area (TPSA) is 74.7 Å². The third-order valence-corrected chi connectivity index (χ3v) is 2.84. The van der Waals surface area contributed by atoms with Crippen molar-refractivity contribution >= 4 is 11.0 Å². The second-order valence-electron chi connectivity index (χ2n) is 4.08. The fourth-order valence-corrected chi connectivity index (χ4v) is 2.04. The van der Waals surface area contributed by atoms with Crippen LogP contribution in [0.25, 0.3) is 11.0 Å². The summed E-state index contributed by atoms with van der Waals surface area (Å²) in [5.41, 5.74) is 5.84. The largest absolute Gasteiger partial charge is 0.486 e. The molecule has 0 radical (unpaired) electrons. The molecule has 1 aromatic heterocycles. The zero-order valence-corrected chi connectivity index (χ0v) is 9.77. The molecule has 18 heavy (non-hydrogen) atoms. The van der Waals surface area contributed by atoms with Crippen LogP contribution < -0.4 is 20.6 Å². The predicted octanol–water partition coefficient (Wildman–Crippen LogP) is 1.07. The van der Waals surface area contributed by atoms with Crippen LogP contribution in [0.4, 0.5) is 0 Å². The maximum atomic E-state index is 12.0. The molecule has 3 rings (SSSR count). The van der Waals surface area contributed by atoms with Crippen LogP contribution in [0.1, 0.15) is 5.76 Å². The Morgan fingerprint density at radius 2 is 2.06 bits per heavy atom. The molecule has 2 aromatic rings. The van der Waals surface area contributed by atoms with Crippen molar-refractivity contribution in [3.8, 4) is 11.5 Å². The van der Waals surface area contributed by atoms with Gasteiger partial charge in [0.2, 0.25) is 5.75 Å². The standard InChI is InChI=1S/C13H13NO4/c14-4-3-8-7-10(15)9-1-2-11-13(12(9)18-8)17-6-5-16-11/h1-2,7H,3-6,14H2. The van der Waals surface area contributed by atoms with E-state index in [1.807, 2.05) is 0 Å². The number of hydrogen-bond donors (Lipinski definition) is 1. The maximum absolute atomic E-state index is 12.0. The van der Waals surface area contributed by atoms with Crippen LogP contribution in [0.2, 0.25) is 0 Å².